The van der Waals surface area contributed by atoms with Gasteiger partial charge in [0.25, 0.3) is 11.5 Å². The van der Waals surface area contributed by atoms with Gasteiger partial charge < -0.3 is 10.3 Å². The highest BCUT2D eigenvalue weighted by Gasteiger charge is 2.21. The molecule has 5 rings (SSSR count). The molecule has 0 fully saturated rings. The molecule has 2 aromatic heterocycles. The average Bonchev–Trinajstić information content (AvgIpc) is 3.16. The minimum Gasteiger partial charge on any atom is -0.350 e. The second-order valence-corrected chi connectivity index (χ2v) is 7.14. The van der Waals surface area contributed by atoms with E-state index in [0.717, 1.165) is 16.5 Å². The fraction of sp³-hybridized carbons (Fsp3) is 0.0417. The molecule has 30 heavy (non-hydrogen) atoms. The van der Waals surface area contributed by atoms with Crippen LogP contribution >= 0.6 is 0 Å². The third kappa shape index (κ3) is 2.95. The molecule has 0 saturated heterocycles. The van der Waals surface area contributed by atoms with Crippen molar-refractivity contribution in [3.05, 3.63) is 100 Å². The summed E-state index contributed by atoms with van der Waals surface area (Å²) < 4.78 is 1.27. The number of nitrogens with zero attached hydrogens (tertiary/aromatic N) is 2. The number of amides is 1. The van der Waals surface area contributed by atoms with Gasteiger partial charge in [-0.2, -0.15) is 9.78 Å². The summed E-state index contributed by atoms with van der Waals surface area (Å²) in [4.78, 5) is 29.6. The van der Waals surface area contributed by atoms with Gasteiger partial charge in [-0.05, 0) is 37.3 Å². The van der Waals surface area contributed by atoms with E-state index in [1.54, 1.807) is 12.1 Å². The second kappa shape index (κ2) is 7.00. The van der Waals surface area contributed by atoms with E-state index in [9.17, 15) is 9.59 Å². The first kappa shape index (κ1) is 17.9. The van der Waals surface area contributed by atoms with E-state index in [-0.39, 0.29) is 17.2 Å². The molecule has 0 atom stereocenters. The maximum absolute atomic E-state index is 13.3. The smallest absolute Gasteiger partial charge is 0.295 e. The van der Waals surface area contributed by atoms with E-state index < -0.39 is 0 Å². The molecular formula is C24H18N4O2. The van der Waals surface area contributed by atoms with Crippen molar-refractivity contribution in [1.29, 1.82) is 0 Å². The van der Waals surface area contributed by atoms with E-state index in [1.165, 1.54) is 4.68 Å². The van der Waals surface area contributed by atoms with Crippen LogP contribution in [0.1, 0.15) is 16.1 Å². The highest BCUT2D eigenvalue weighted by atomic mass is 16.2. The third-order valence-electron chi connectivity index (χ3n) is 5.07. The second-order valence-electron chi connectivity index (χ2n) is 7.14. The van der Waals surface area contributed by atoms with E-state index in [0.29, 0.717) is 22.3 Å². The van der Waals surface area contributed by atoms with Gasteiger partial charge in [-0.15, -0.1) is 0 Å². The van der Waals surface area contributed by atoms with Gasteiger partial charge in [-0.1, -0.05) is 54.1 Å². The first-order valence-corrected chi connectivity index (χ1v) is 9.59. The molecule has 0 radical (unpaired) electrons. The van der Waals surface area contributed by atoms with Crippen molar-refractivity contribution in [3.8, 4) is 5.69 Å². The summed E-state index contributed by atoms with van der Waals surface area (Å²) >= 11 is 0. The Kier molecular flexibility index (Phi) is 4.17. The maximum Gasteiger partial charge on any atom is 0.295 e. The van der Waals surface area contributed by atoms with Crippen molar-refractivity contribution in [3.63, 3.8) is 0 Å². The number of aromatic amines is 1. The summed E-state index contributed by atoms with van der Waals surface area (Å²) in [5.41, 5.74) is 3.34. The quantitative estimate of drug-likeness (QED) is 0.475. The lowest BCUT2D eigenvalue weighted by Crippen LogP contribution is -2.26. The van der Waals surface area contributed by atoms with Crippen LogP contribution in [0.5, 0.6) is 0 Å². The van der Waals surface area contributed by atoms with E-state index in [4.69, 9.17) is 0 Å². The van der Waals surface area contributed by atoms with Crippen LogP contribution in [0.15, 0.2) is 83.7 Å². The number of aromatic nitrogens is 3. The highest BCUT2D eigenvalue weighted by Crippen LogP contribution is 2.26. The van der Waals surface area contributed by atoms with Gasteiger partial charge in [-0.25, -0.2) is 0 Å². The normalized spacial score (nSPS) is 11.1. The largest absolute Gasteiger partial charge is 0.350 e. The lowest BCUT2D eigenvalue weighted by Gasteiger charge is -2.10. The fourth-order valence-corrected chi connectivity index (χ4v) is 3.58. The lowest BCUT2D eigenvalue weighted by atomic mass is 10.1. The number of carbonyl (C=O) groups is 1. The van der Waals surface area contributed by atoms with Gasteiger partial charge in [0.15, 0.2) is 5.69 Å². The molecule has 0 bridgehead atoms. The zero-order valence-electron chi connectivity index (χ0n) is 16.2. The number of benzene rings is 3. The number of para-hydroxylation sites is 2. The summed E-state index contributed by atoms with van der Waals surface area (Å²) in [6.45, 7) is 1.97. The number of hydrogen-bond acceptors (Lipinski definition) is 3. The van der Waals surface area contributed by atoms with Crippen LogP contribution in [-0.4, -0.2) is 20.7 Å². The number of aryl methyl sites for hydroxylation is 1. The minimum absolute atomic E-state index is 0.187. The number of hydrogen-bond donors (Lipinski definition) is 2. The molecule has 0 aliphatic carbocycles. The van der Waals surface area contributed by atoms with Crippen LogP contribution in [0.4, 0.5) is 5.69 Å². The summed E-state index contributed by atoms with van der Waals surface area (Å²) in [7, 11) is 0. The van der Waals surface area contributed by atoms with Crippen LogP contribution in [-0.2, 0) is 0 Å². The molecule has 3 aromatic carbocycles. The summed E-state index contributed by atoms with van der Waals surface area (Å²) in [6.07, 6.45) is 0. The predicted molar refractivity (Wildman–Crippen MR) is 118 cm³/mol. The minimum atomic E-state index is -0.378. The molecule has 0 aliphatic heterocycles. The number of rotatable bonds is 3. The predicted octanol–water partition coefficient (Wildman–Crippen LogP) is 4.43. The standard InChI is InChI=1S/C24H18N4O2/c1-15-11-13-17(14-12-15)28-24(30)22-20(18-9-5-6-10-19(18)26-22)21(27-28)23(29)25-16-7-3-2-4-8-16/h2-14,26H,1H3,(H,25,29). The zero-order valence-corrected chi connectivity index (χ0v) is 16.2. The summed E-state index contributed by atoms with van der Waals surface area (Å²) in [6, 6.07) is 24.1. The molecule has 2 heterocycles. The number of H-pyrrole nitrogens is 1. The maximum atomic E-state index is 13.3. The first-order chi connectivity index (χ1) is 14.6. The Labute approximate surface area is 171 Å². The van der Waals surface area contributed by atoms with Gasteiger partial charge in [0.2, 0.25) is 0 Å². The van der Waals surface area contributed by atoms with Crippen molar-refractivity contribution in [2.24, 2.45) is 0 Å². The molecule has 146 valence electrons. The Morgan fingerprint density at radius 3 is 2.40 bits per heavy atom. The van der Waals surface area contributed by atoms with Gasteiger partial charge in [-0.3, -0.25) is 9.59 Å². The molecule has 0 aliphatic rings. The van der Waals surface area contributed by atoms with Crippen LogP contribution in [0, 0.1) is 6.92 Å². The topological polar surface area (TPSA) is 79.8 Å². The van der Waals surface area contributed by atoms with Crippen LogP contribution in [0.2, 0.25) is 0 Å². The first-order valence-electron chi connectivity index (χ1n) is 9.59. The van der Waals surface area contributed by atoms with Gasteiger partial charge in [0, 0.05) is 22.0 Å². The van der Waals surface area contributed by atoms with Crippen molar-refractivity contribution < 1.29 is 4.79 Å². The fourth-order valence-electron chi connectivity index (χ4n) is 3.58. The number of nitrogens with one attached hydrogen (secondary N) is 2. The Hall–Kier alpha value is -4.19. The molecule has 6 nitrogen and oxygen atoms in total. The van der Waals surface area contributed by atoms with Gasteiger partial charge in [0.05, 0.1) is 5.69 Å². The highest BCUT2D eigenvalue weighted by molar-refractivity contribution is 6.19. The molecule has 6 heteroatoms. The lowest BCUT2D eigenvalue weighted by molar-refractivity contribution is 0.102. The summed E-state index contributed by atoms with van der Waals surface area (Å²) in [5.74, 6) is -0.378. The Bertz CT molecular complexity index is 1450. The van der Waals surface area contributed by atoms with Crippen LogP contribution in [0.3, 0.4) is 0 Å². The molecule has 2 N–H and O–H groups in total. The summed E-state index contributed by atoms with van der Waals surface area (Å²) in [5, 5.41) is 8.68. The van der Waals surface area contributed by atoms with E-state index in [1.807, 2.05) is 73.7 Å². The van der Waals surface area contributed by atoms with Crippen molar-refractivity contribution in [1.82, 2.24) is 14.8 Å². The Morgan fingerprint density at radius 2 is 1.63 bits per heavy atom. The Balaban J connectivity index is 1.78. The van der Waals surface area contributed by atoms with Crippen molar-refractivity contribution in [2.45, 2.75) is 6.92 Å². The number of fused-ring (bicyclic) bond motifs is 3. The van der Waals surface area contributed by atoms with Crippen LogP contribution < -0.4 is 10.9 Å². The van der Waals surface area contributed by atoms with Crippen LogP contribution in [0.25, 0.3) is 27.5 Å². The average molecular weight is 394 g/mol. The molecule has 0 spiro atoms. The van der Waals surface area contributed by atoms with Crippen molar-refractivity contribution in [2.75, 3.05) is 5.32 Å². The van der Waals surface area contributed by atoms with Gasteiger partial charge >= 0.3 is 0 Å². The van der Waals surface area contributed by atoms with E-state index >= 15 is 0 Å². The van der Waals surface area contributed by atoms with E-state index in [2.05, 4.69) is 15.4 Å². The van der Waals surface area contributed by atoms with Gasteiger partial charge in [0.1, 0.15) is 5.52 Å². The molecule has 0 saturated carbocycles. The molecule has 1 amide bonds. The van der Waals surface area contributed by atoms with Crippen molar-refractivity contribution >= 4 is 33.4 Å². The molecule has 5 aromatic rings. The zero-order chi connectivity index (χ0) is 20.7. The number of anilines is 1. The Morgan fingerprint density at radius 1 is 0.933 bits per heavy atom. The third-order valence-corrected chi connectivity index (χ3v) is 5.07. The molecular weight excluding hydrogens is 376 g/mol. The monoisotopic (exact) mass is 394 g/mol. The SMILES string of the molecule is Cc1ccc(-n2nc(C(=O)Nc3ccccc3)c3c([nH]c4ccccc43)c2=O)cc1. The molecule has 0 unspecified atom stereocenters. The number of carbonyl (C=O) groups excluding carboxylic acids is 1.